The van der Waals surface area contributed by atoms with Gasteiger partial charge in [-0.2, -0.15) is 5.10 Å². The number of amidine groups is 1. The molecule has 150 valence electrons. The largest absolute Gasteiger partial charge is 0.573 e. The standard InChI is InChI=1S/C20H23F3N4O/c1-14(15-7-6-10-17(13-15)28-20(21,22)23)19-26-18(11-12-27(19)24-2)25-16-8-4-3-5-9-16/h6-7,10-13,16H,2-5,8-9H2,1H3,(H,25,26)/b19-14+. The molecule has 28 heavy (non-hydrogen) atoms. The van der Waals surface area contributed by atoms with Crippen LogP contribution < -0.4 is 10.1 Å². The first-order chi connectivity index (χ1) is 13.4. The second-order valence-corrected chi connectivity index (χ2v) is 6.80. The number of hydrazone groups is 1. The van der Waals surface area contributed by atoms with Crippen molar-refractivity contribution in [3.05, 3.63) is 47.9 Å². The van der Waals surface area contributed by atoms with Crippen LogP contribution in [0.15, 0.2) is 52.5 Å². The zero-order chi connectivity index (χ0) is 20.1. The van der Waals surface area contributed by atoms with Gasteiger partial charge < -0.3 is 10.1 Å². The second-order valence-electron chi connectivity index (χ2n) is 6.80. The lowest BCUT2D eigenvalue weighted by Crippen LogP contribution is -2.37. The van der Waals surface area contributed by atoms with E-state index in [1.54, 1.807) is 19.2 Å². The molecule has 0 unspecified atom stereocenters. The molecule has 0 bridgehead atoms. The van der Waals surface area contributed by atoms with Crippen LogP contribution in [0.3, 0.4) is 0 Å². The molecular weight excluding hydrogens is 369 g/mol. The second kappa shape index (κ2) is 8.50. The highest BCUT2D eigenvalue weighted by molar-refractivity contribution is 5.95. The van der Waals surface area contributed by atoms with Gasteiger partial charge in [-0.3, -0.25) is 0 Å². The maximum Gasteiger partial charge on any atom is 0.573 e. The van der Waals surface area contributed by atoms with Gasteiger partial charge in [-0.05, 0) is 43.5 Å². The topological polar surface area (TPSA) is 49.2 Å². The summed E-state index contributed by atoms with van der Waals surface area (Å²) in [5.74, 6) is 0.933. The Labute approximate surface area is 162 Å². The number of nitrogens with zero attached hydrogens (tertiary/aromatic N) is 3. The molecule has 1 saturated carbocycles. The summed E-state index contributed by atoms with van der Waals surface area (Å²) in [6, 6.07) is 6.19. The molecule has 1 aromatic carbocycles. The summed E-state index contributed by atoms with van der Waals surface area (Å²) in [6.45, 7) is 5.32. The van der Waals surface area contributed by atoms with E-state index in [1.807, 2.05) is 6.08 Å². The molecule has 0 saturated heterocycles. The molecule has 1 aliphatic carbocycles. The molecule has 0 spiro atoms. The number of aliphatic imine (C=N–C) groups is 1. The van der Waals surface area contributed by atoms with Crippen molar-refractivity contribution in [2.45, 2.75) is 51.4 Å². The van der Waals surface area contributed by atoms with Gasteiger partial charge in [0.1, 0.15) is 11.6 Å². The number of hydrogen-bond donors (Lipinski definition) is 1. The molecule has 1 aliphatic heterocycles. The summed E-state index contributed by atoms with van der Waals surface area (Å²) in [5.41, 5.74) is 1.22. The zero-order valence-electron chi connectivity index (χ0n) is 15.7. The molecule has 5 nitrogen and oxygen atoms in total. The molecule has 3 rings (SSSR count). The van der Waals surface area contributed by atoms with Crippen molar-refractivity contribution in [1.82, 2.24) is 10.3 Å². The van der Waals surface area contributed by atoms with E-state index >= 15 is 0 Å². The monoisotopic (exact) mass is 392 g/mol. The van der Waals surface area contributed by atoms with Crippen molar-refractivity contribution in [2.75, 3.05) is 0 Å². The Morgan fingerprint density at radius 2 is 2.04 bits per heavy atom. The number of ether oxygens (including phenoxy) is 1. The fourth-order valence-corrected chi connectivity index (χ4v) is 3.38. The fourth-order valence-electron chi connectivity index (χ4n) is 3.38. The number of rotatable bonds is 4. The van der Waals surface area contributed by atoms with E-state index in [9.17, 15) is 13.2 Å². The van der Waals surface area contributed by atoms with Crippen molar-refractivity contribution in [3.63, 3.8) is 0 Å². The van der Waals surface area contributed by atoms with Gasteiger partial charge in [0.05, 0.1) is 0 Å². The number of hydrogen-bond acceptors (Lipinski definition) is 5. The minimum absolute atomic E-state index is 0.279. The molecule has 0 radical (unpaired) electrons. The summed E-state index contributed by atoms with van der Waals surface area (Å²) in [6.07, 6.45) is 4.68. The Morgan fingerprint density at radius 1 is 1.29 bits per heavy atom. The Balaban J connectivity index is 1.88. The summed E-state index contributed by atoms with van der Waals surface area (Å²) >= 11 is 0. The van der Waals surface area contributed by atoms with Crippen LogP contribution in [0.1, 0.15) is 44.6 Å². The molecule has 8 heteroatoms. The quantitative estimate of drug-likeness (QED) is 0.731. The minimum Gasteiger partial charge on any atom is -0.406 e. The Bertz CT molecular complexity index is 808. The van der Waals surface area contributed by atoms with E-state index in [1.165, 1.54) is 42.5 Å². The van der Waals surface area contributed by atoms with Crippen LogP contribution in [0.4, 0.5) is 13.2 Å². The van der Waals surface area contributed by atoms with Crippen LogP contribution in [0.5, 0.6) is 5.75 Å². The zero-order valence-corrected chi connectivity index (χ0v) is 15.7. The first-order valence-corrected chi connectivity index (χ1v) is 9.22. The van der Waals surface area contributed by atoms with Gasteiger partial charge in [-0.1, -0.05) is 31.4 Å². The lowest BCUT2D eigenvalue weighted by atomic mass is 9.95. The van der Waals surface area contributed by atoms with Crippen LogP contribution in [0.25, 0.3) is 5.57 Å². The molecule has 0 aromatic heterocycles. The highest BCUT2D eigenvalue weighted by Gasteiger charge is 2.31. The predicted molar refractivity (Wildman–Crippen MR) is 104 cm³/mol. The first-order valence-electron chi connectivity index (χ1n) is 9.22. The summed E-state index contributed by atoms with van der Waals surface area (Å²) < 4.78 is 41.6. The average Bonchev–Trinajstić information content (AvgIpc) is 2.67. The van der Waals surface area contributed by atoms with Crippen LogP contribution >= 0.6 is 0 Å². The third-order valence-corrected chi connectivity index (χ3v) is 4.76. The van der Waals surface area contributed by atoms with Crippen molar-refractivity contribution in [1.29, 1.82) is 0 Å². The number of alkyl halides is 3. The SMILES string of the molecule is C=NN1C=CC(NC2CCCCC2)=N/C1=C(/C)c1cccc(OC(F)(F)F)c1. The van der Waals surface area contributed by atoms with Gasteiger partial charge in [0.2, 0.25) is 0 Å². The van der Waals surface area contributed by atoms with Crippen molar-refractivity contribution in [3.8, 4) is 5.75 Å². The van der Waals surface area contributed by atoms with Gasteiger partial charge in [0, 0.05) is 24.5 Å². The number of halogens is 3. The third-order valence-electron chi connectivity index (χ3n) is 4.76. The van der Waals surface area contributed by atoms with Crippen LogP contribution in [0.2, 0.25) is 0 Å². The highest BCUT2D eigenvalue weighted by atomic mass is 19.4. The van der Waals surface area contributed by atoms with Crippen LogP contribution in [-0.4, -0.2) is 30.0 Å². The Morgan fingerprint density at radius 3 is 2.71 bits per heavy atom. The average molecular weight is 392 g/mol. The van der Waals surface area contributed by atoms with Crippen molar-refractivity contribution in [2.24, 2.45) is 10.1 Å². The fraction of sp³-hybridized carbons (Fsp3) is 0.400. The van der Waals surface area contributed by atoms with Gasteiger partial charge in [0.15, 0.2) is 5.82 Å². The minimum atomic E-state index is -4.74. The van der Waals surface area contributed by atoms with Gasteiger partial charge in [-0.25, -0.2) is 10.0 Å². The maximum atomic E-state index is 12.5. The van der Waals surface area contributed by atoms with Gasteiger partial charge in [0.25, 0.3) is 0 Å². The lowest BCUT2D eigenvalue weighted by molar-refractivity contribution is -0.274. The van der Waals surface area contributed by atoms with E-state index in [2.05, 4.69) is 26.9 Å². The molecule has 1 heterocycles. The van der Waals surface area contributed by atoms with E-state index in [4.69, 9.17) is 0 Å². The third kappa shape index (κ3) is 5.15. The van der Waals surface area contributed by atoms with E-state index in [-0.39, 0.29) is 5.75 Å². The molecule has 1 N–H and O–H groups in total. The molecule has 0 amide bonds. The van der Waals surface area contributed by atoms with Crippen molar-refractivity contribution >= 4 is 18.1 Å². The molecule has 0 atom stereocenters. The summed E-state index contributed by atoms with van der Waals surface area (Å²) in [7, 11) is 0. The molecule has 1 fully saturated rings. The Kier molecular flexibility index (Phi) is 6.06. The maximum absolute atomic E-state index is 12.5. The van der Waals surface area contributed by atoms with Crippen LogP contribution in [-0.2, 0) is 0 Å². The van der Waals surface area contributed by atoms with Crippen molar-refractivity contribution < 1.29 is 17.9 Å². The number of nitrogens with one attached hydrogen (secondary N) is 1. The smallest absolute Gasteiger partial charge is 0.406 e. The Hall–Kier alpha value is -2.77. The van der Waals surface area contributed by atoms with E-state index in [0.29, 0.717) is 28.8 Å². The predicted octanol–water partition coefficient (Wildman–Crippen LogP) is 5.04. The molecular formula is C20H23F3N4O. The molecule has 2 aliphatic rings. The normalized spacial score (nSPS) is 19.9. The van der Waals surface area contributed by atoms with Gasteiger partial charge >= 0.3 is 6.36 Å². The summed E-state index contributed by atoms with van der Waals surface area (Å²) in [4.78, 5) is 4.64. The lowest BCUT2D eigenvalue weighted by Gasteiger charge is -2.27. The number of allylic oxidation sites excluding steroid dienone is 1. The highest BCUT2D eigenvalue weighted by Crippen LogP contribution is 2.29. The van der Waals surface area contributed by atoms with E-state index < -0.39 is 6.36 Å². The van der Waals surface area contributed by atoms with Crippen LogP contribution in [0, 0.1) is 0 Å². The first kappa shape index (κ1) is 20.0. The van der Waals surface area contributed by atoms with Gasteiger partial charge in [-0.15, -0.1) is 13.2 Å². The molecule has 1 aromatic rings. The number of benzene rings is 1. The summed E-state index contributed by atoms with van der Waals surface area (Å²) in [5, 5.41) is 8.88. The van der Waals surface area contributed by atoms with E-state index in [0.717, 1.165) is 12.8 Å².